The lowest BCUT2D eigenvalue weighted by Gasteiger charge is -2.34. The molecule has 4 N–H and O–H groups in total. The minimum atomic E-state index is -3.08. The highest BCUT2D eigenvalue weighted by Gasteiger charge is 2.40. The number of halogens is 3. The van der Waals surface area contributed by atoms with E-state index >= 15 is 0 Å². The van der Waals surface area contributed by atoms with Crippen molar-refractivity contribution in [3.05, 3.63) is 53.6 Å². The molecule has 0 spiro atoms. The molecule has 2 atom stereocenters. The second-order valence-electron chi connectivity index (χ2n) is 7.22. The van der Waals surface area contributed by atoms with Gasteiger partial charge >= 0.3 is 12.8 Å². The van der Waals surface area contributed by atoms with Gasteiger partial charge in [-0.1, -0.05) is 12.1 Å². The normalized spacial score (nSPS) is 17.0. The second kappa shape index (κ2) is 12.7. The predicted molar refractivity (Wildman–Crippen MR) is 123 cm³/mol. The van der Waals surface area contributed by atoms with Crippen molar-refractivity contribution in [1.29, 1.82) is 0 Å². The van der Waals surface area contributed by atoms with E-state index in [4.69, 9.17) is 20.1 Å². The third kappa shape index (κ3) is 6.40. The summed E-state index contributed by atoms with van der Waals surface area (Å²) in [5.41, 5.74) is 7.85. The highest BCUT2D eigenvalue weighted by Crippen LogP contribution is 2.31. The van der Waals surface area contributed by atoms with E-state index in [-0.39, 0.29) is 43.1 Å². The predicted octanol–water partition coefficient (Wildman–Crippen LogP) is 1.08. The number of aliphatic hydroxyl groups is 1. The van der Waals surface area contributed by atoms with Gasteiger partial charge in [0, 0.05) is 17.8 Å². The number of nitrogens with zero attached hydrogens (tertiary/aromatic N) is 2. The number of para-hydroxylation sites is 2. The van der Waals surface area contributed by atoms with Crippen molar-refractivity contribution < 1.29 is 42.5 Å². The van der Waals surface area contributed by atoms with Crippen molar-refractivity contribution in [2.45, 2.75) is 25.4 Å². The van der Waals surface area contributed by atoms with E-state index in [0.717, 1.165) is 16.0 Å². The van der Waals surface area contributed by atoms with Gasteiger partial charge in [0.2, 0.25) is 0 Å². The molecule has 36 heavy (non-hydrogen) atoms. The number of anilines is 2. The summed E-state index contributed by atoms with van der Waals surface area (Å²) in [6.07, 6.45) is -3.10. The Kier molecular flexibility index (Phi) is 10.00. The van der Waals surface area contributed by atoms with E-state index in [2.05, 4.69) is 15.0 Å². The zero-order valence-corrected chi connectivity index (χ0v) is 19.2. The van der Waals surface area contributed by atoms with Crippen molar-refractivity contribution >= 4 is 47.6 Å². The van der Waals surface area contributed by atoms with Crippen molar-refractivity contribution in [1.82, 2.24) is 0 Å². The van der Waals surface area contributed by atoms with Crippen LogP contribution >= 0.6 is 12.4 Å². The Morgan fingerprint density at radius 1 is 1.28 bits per heavy atom. The number of amides is 2. The van der Waals surface area contributed by atoms with Gasteiger partial charge in [0.25, 0.3) is 11.8 Å². The number of alkyl halides is 2. The molecule has 0 unspecified atom stereocenters. The zero-order chi connectivity index (χ0) is 25.5. The molecule has 2 amide bonds. The molecule has 2 aliphatic heterocycles. The summed E-state index contributed by atoms with van der Waals surface area (Å²) in [7, 11) is 0. The maximum absolute atomic E-state index is 12.9. The summed E-state index contributed by atoms with van der Waals surface area (Å²) in [5, 5.41) is 13.1. The number of ether oxygens (including phenoxy) is 2. The number of rotatable bonds is 6. The molecule has 192 valence electrons. The average Bonchev–Trinajstić information content (AvgIpc) is 3.19. The van der Waals surface area contributed by atoms with E-state index in [1.807, 2.05) is 0 Å². The largest absolute Gasteiger partial charge is 0.433 e. The van der Waals surface area contributed by atoms with Gasteiger partial charge in [-0.05, 0) is 35.9 Å². The third-order valence-corrected chi connectivity index (χ3v) is 5.12. The first kappa shape index (κ1) is 28.3. The SMILES string of the molecule is Cl.NC1=NCc2cc(NC(=O)[C@H](O)[C@H]3OCCN(c4ccccc4OC(F)F)C3=O)ccc21.O=C=O. The number of benzene rings is 2. The summed E-state index contributed by atoms with van der Waals surface area (Å²) >= 11 is 0. The first-order valence-electron chi connectivity index (χ1n) is 10.1. The number of carbonyl (C=O) groups excluding carboxylic acids is 4. The van der Waals surface area contributed by atoms with Crippen molar-refractivity contribution in [3.8, 4) is 5.75 Å². The van der Waals surface area contributed by atoms with E-state index in [1.165, 1.54) is 18.2 Å². The number of nitrogens with one attached hydrogen (secondary N) is 1. The number of morpholine rings is 1. The van der Waals surface area contributed by atoms with Crippen molar-refractivity contribution in [3.63, 3.8) is 0 Å². The first-order chi connectivity index (χ1) is 16.8. The number of aliphatic hydroxyl groups excluding tert-OH is 1. The number of hydrogen-bond acceptors (Lipinski definition) is 9. The lowest BCUT2D eigenvalue weighted by molar-refractivity contribution is -0.191. The summed E-state index contributed by atoms with van der Waals surface area (Å²) in [6, 6.07) is 10.8. The molecule has 0 radical (unpaired) electrons. The molecule has 1 saturated heterocycles. The van der Waals surface area contributed by atoms with Crippen LogP contribution in [0.5, 0.6) is 5.75 Å². The van der Waals surface area contributed by atoms with Gasteiger partial charge in [-0.25, -0.2) is 0 Å². The molecule has 11 nitrogen and oxygen atoms in total. The third-order valence-electron chi connectivity index (χ3n) is 5.12. The second-order valence-corrected chi connectivity index (χ2v) is 7.22. The zero-order valence-electron chi connectivity index (χ0n) is 18.4. The topological polar surface area (TPSA) is 161 Å². The molecular formula is C22H21ClF2N4O7. The van der Waals surface area contributed by atoms with E-state index in [0.29, 0.717) is 18.1 Å². The van der Waals surface area contributed by atoms with Crippen LogP contribution in [-0.2, 0) is 30.5 Å². The number of hydrogen-bond donors (Lipinski definition) is 3. The quantitative estimate of drug-likeness (QED) is 0.504. The molecule has 0 aliphatic carbocycles. The summed E-state index contributed by atoms with van der Waals surface area (Å²) in [6.45, 7) is -2.67. The van der Waals surface area contributed by atoms with Crippen molar-refractivity contribution in [2.75, 3.05) is 23.4 Å². The van der Waals surface area contributed by atoms with Gasteiger partial charge in [-0.2, -0.15) is 18.4 Å². The number of nitrogens with two attached hydrogens (primary N) is 1. The van der Waals surface area contributed by atoms with Gasteiger partial charge in [0.1, 0.15) is 11.6 Å². The Morgan fingerprint density at radius 2 is 1.97 bits per heavy atom. The Bertz CT molecular complexity index is 1170. The molecule has 2 aromatic rings. The summed E-state index contributed by atoms with van der Waals surface area (Å²) in [5.74, 6) is -1.39. The molecule has 2 aliphatic rings. The first-order valence-corrected chi connectivity index (χ1v) is 10.1. The summed E-state index contributed by atoms with van der Waals surface area (Å²) in [4.78, 5) is 47.0. The Hall–Kier alpha value is -3.90. The van der Waals surface area contributed by atoms with Crippen LogP contribution in [0.4, 0.5) is 20.2 Å². The fourth-order valence-corrected chi connectivity index (χ4v) is 3.61. The number of carbonyl (C=O) groups is 2. The lowest BCUT2D eigenvalue weighted by atomic mass is 10.1. The summed E-state index contributed by atoms with van der Waals surface area (Å²) < 4.78 is 35.3. The standard InChI is InChI=1S/C21H20F2N4O5.CO2.ClH/c22-21(23)32-15-4-2-1-3-14(15)27-7-8-31-17(20(27)30)16(28)19(29)26-12-5-6-13-11(9-12)10-25-18(13)24;2-1-3;/h1-6,9,16-17,21,28H,7-8,10H2,(H2,24,25)(H,26,29);;1H/t16-,17-;;/m1../s1. The molecule has 0 bridgehead atoms. The van der Waals surface area contributed by atoms with E-state index < -0.39 is 30.6 Å². The van der Waals surface area contributed by atoms with Crippen molar-refractivity contribution in [2.24, 2.45) is 10.7 Å². The van der Waals surface area contributed by atoms with Crippen LogP contribution in [0, 0.1) is 0 Å². The van der Waals surface area contributed by atoms with Crippen LogP contribution in [0.3, 0.4) is 0 Å². The van der Waals surface area contributed by atoms with Crippen LogP contribution in [0.1, 0.15) is 11.1 Å². The Labute approximate surface area is 209 Å². The minimum absolute atomic E-state index is 0. The molecule has 14 heteroatoms. The van der Waals surface area contributed by atoms with Crippen LogP contribution in [0.2, 0.25) is 0 Å². The van der Waals surface area contributed by atoms with Gasteiger partial charge in [0.05, 0.1) is 18.8 Å². The maximum atomic E-state index is 12.9. The van der Waals surface area contributed by atoms with Gasteiger partial charge in [0.15, 0.2) is 12.2 Å². The highest BCUT2D eigenvalue weighted by atomic mass is 35.5. The molecule has 0 saturated carbocycles. The van der Waals surface area contributed by atoms with Crippen LogP contribution in [0.15, 0.2) is 47.5 Å². The molecule has 0 aromatic heterocycles. The average molecular weight is 527 g/mol. The van der Waals surface area contributed by atoms with Crippen LogP contribution in [-0.4, -0.2) is 60.9 Å². The molecule has 4 rings (SSSR count). The molecular weight excluding hydrogens is 506 g/mol. The highest BCUT2D eigenvalue weighted by molar-refractivity contribution is 6.05. The smallest absolute Gasteiger partial charge is 0.387 e. The monoisotopic (exact) mass is 526 g/mol. The van der Waals surface area contributed by atoms with Crippen LogP contribution in [0.25, 0.3) is 0 Å². The van der Waals surface area contributed by atoms with E-state index in [9.17, 15) is 23.5 Å². The number of amidine groups is 1. The van der Waals surface area contributed by atoms with E-state index in [1.54, 1.807) is 24.3 Å². The van der Waals surface area contributed by atoms with Crippen LogP contribution < -0.4 is 20.7 Å². The Balaban J connectivity index is 0.00000109. The lowest BCUT2D eigenvalue weighted by Crippen LogP contribution is -2.55. The number of fused-ring (bicyclic) bond motifs is 1. The minimum Gasteiger partial charge on any atom is -0.433 e. The Morgan fingerprint density at radius 3 is 2.67 bits per heavy atom. The molecule has 1 fully saturated rings. The van der Waals surface area contributed by atoms with Gasteiger partial charge in [-0.15, -0.1) is 12.4 Å². The molecule has 2 aromatic carbocycles. The van der Waals surface area contributed by atoms with Gasteiger partial charge in [-0.3, -0.25) is 14.6 Å². The maximum Gasteiger partial charge on any atom is 0.387 e. The fourth-order valence-electron chi connectivity index (χ4n) is 3.61. The number of aliphatic imine (C=N–C) groups is 1. The molecule has 2 heterocycles. The fraction of sp³-hybridized carbons (Fsp3) is 0.273. The van der Waals surface area contributed by atoms with Gasteiger partial charge < -0.3 is 30.5 Å².